The third kappa shape index (κ3) is 2.94. The smallest absolute Gasteiger partial charge is 0.335 e. The molecule has 0 bridgehead atoms. The van der Waals surface area contributed by atoms with E-state index >= 15 is 0 Å². The van der Waals surface area contributed by atoms with Gasteiger partial charge >= 0.3 is 5.97 Å². The zero-order valence-electron chi connectivity index (χ0n) is 11.9. The van der Waals surface area contributed by atoms with Crippen molar-refractivity contribution in [3.05, 3.63) is 24.3 Å². The number of rotatable bonds is 3. The molecule has 2 amide bonds. The Hall–Kier alpha value is -2.41. The number of esters is 1. The maximum absolute atomic E-state index is 12.3. The highest BCUT2D eigenvalue weighted by Gasteiger charge is 2.29. The molecule has 7 nitrogen and oxygen atoms in total. The van der Waals surface area contributed by atoms with Crippen LogP contribution in [0.3, 0.4) is 0 Å². The number of anilines is 2. The molecule has 3 rings (SSSR count). The molecule has 116 valence electrons. The van der Waals surface area contributed by atoms with Crippen molar-refractivity contribution >= 4 is 29.2 Å². The Morgan fingerprint density at radius 2 is 2.18 bits per heavy atom. The zero-order valence-corrected chi connectivity index (χ0v) is 11.9. The minimum absolute atomic E-state index is 0.0900. The SMILES string of the molecule is O=C1CN(C(=O)COC(=O)[C@@H]2CCCO2)c2ccccc2N1. The molecule has 0 aliphatic carbocycles. The van der Waals surface area contributed by atoms with Crippen molar-refractivity contribution in [1.29, 1.82) is 0 Å². The normalized spacial score (nSPS) is 20.3. The molecule has 0 unspecified atom stereocenters. The number of hydrogen-bond acceptors (Lipinski definition) is 5. The third-order valence-electron chi connectivity index (χ3n) is 3.60. The van der Waals surface area contributed by atoms with Gasteiger partial charge < -0.3 is 14.8 Å². The van der Waals surface area contributed by atoms with Crippen LogP contribution in [-0.4, -0.2) is 43.6 Å². The summed E-state index contributed by atoms with van der Waals surface area (Å²) in [6.07, 6.45) is 0.847. The van der Waals surface area contributed by atoms with E-state index in [-0.39, 0.29) is 12.5 Å². The van der Waals surface area contributed by atoms with E-state index in [1.165, 1.54) is 4.90 Å². The first-order chi connectivity index (χ1) is 10.6. The van der Waals surface area contributed by atoms with Gasteiger partial charge in [-0.15, -0.1) is 0 Å². The number of ether oxygens (including phenoxy) is 2. The number of carbonyl (C=O) groups is 3. The van der Waals surface area contributed by atoms with Crippen LogP contribution in [0.15, 0.2) is 24.3 Å². The highest BCUT2D eigenvalue weighted by Crippen LogP contribution is 2.28. The van der Waals surface area contributed by atoms with E-state index in [4.69, 9.17) is 9.47 Å². The summed E-state index contributed by atoms with van der Waals surface area (Å²) < 4.78 is 10.2. The average Bonchev–Trinajstić information content (AvgIpc) is 3.06. The van der Waals surface area contributed by atoms with Crippen LogP contribution in [0.5, 0.6) is 0 Å². The molecular weight excluding hydrogens is 288 g/mol. The lowest BCUT2D eigenvalue weighted by molar-refractivity contribution is -0.157. The summed E-state index contributed by atoms with van der Waals surface area (Å²) in [6, 6.07) is 6.99. The quantitative estimate of drug-likeness (QED) is 0.831. The van der Waals surface area contributed by atoms with Crippen LogP contribution in [0.1, 0.15) is 12.8 Å². The van der Waals surface area contributed by atoms with Crippen molar-refractivity contribution in [1.82, 2.24) is 0 Å². The minimum atomic E-state index is -0.579. The molecule has 1 aromatic carbocycles. The molecule has 1 saturated heterocycles. The van der Waals surface area contributed by atoms with Gasteiger partial charge in [-0.25, -0.2) is 4.79 Å². The van der Waals surface area contributed by atoms with Gasteiger partial charge in [0.15, 0.2) is 12.7 Å². The van der Waals surface area contributed by atoms with Gasteiger partial charge in [0.25, 0.3) is 5.91 Å². The first-order valence-electron chi connectivity index (χ1n) is 7.12. The fraction of sp³-hybridized carbons (Fsp3) is 0.400. The van der Waals surface area contributed by atoms with E-state index in [9.17, 15) is 14.4 Å². The van der Waals surface area contributed by atoms with Crippen LogP contribution in [-0.2, 0) is 23.9 Å². The molecule has 1 atom stereocenters. The first kappa shape index (κ1) is 14.5. The molecule has 1 aromatic rings. The number of amides is 2. The largest absolute Gasteiger partial charge is 0.454 e. The lowest BCUT2D eigenvalue weighted by Gasteiger charge is -2.29. The lowest BCUT2D eigenvalue weighted by atomic mass is 10.2. The van der Waals surface area contributed by atoms with Gasteiger partial charge in [0, 0.05) is 6.61 Å². The highest BCUT2D eigenvalue weighted by molar-refractivity contribution is 6.10. The maximum Gasteiger partial charge on any atom is 0.335 e. The number of para-hydroxylation sites is 2. The van der Waals surface area contributed by atoms with Crippen LogP contribution in [0, 0.1) is 0 Å². The summed E-state index contributed by atoms with van der Waals surface area (Å²) in [5.74, 6) is -1.24. The Morgan fingerprint density at radius 3 is 2.95 bits per heavy atom. The van der Waals surface area contributed by atoms with Crippen molar-refractivity contribution in [2.45, 2.75) is 18.9 Å². The highest BCUT2D eigenvalue weighted by atomic mass is 16.6. The summed E-state index contributed by atoms with van der Waals surface area (Å²) >= 11 is 0. The monoisotopic (exact) mass is 304 g/mol. The predicted octanol–water partition coefficient (Wildman–Crippen LogP) is 0.694. The number of fused-ring (bicyclic) bond motifs is 1. The van der Waals surface area contributed by atoms with Crippen LogP contribution in [0.4, 0.5) is 11.4 Å². The summed E-state index contributed by atoms with van der Waals surface area (Å²) in [6.45, 7) is 0.0427. The molecule has 0 aromatic heterocycles. The second-order valence-corrected chi connectivity index (χ2v) is 5.15. The summed E-state index contributed by atoms with van der Waals surface area (Å²) in [5, 5.41) is 2.69. The van der Waals surface area contributed by atoms with Crippen molar-refractivity contribution in [3.8, 4) is 0 Å². The van der Waals surface area contributed by atoms with Gasteiger partial charge in [0.2, 0.25) is 5.91 Å². The second-order valence-electron chi connectivity index (χ2n) is 5.15. The molecule has 22 heavy (non-hydrogen) atoms. The molecular formula is C15H16N2O5. The van der Waals surface area contributed by atoms with Crippen LogP contribution in [0.25, 0.3) is 0 Å². The van der Waals surface area contributed by atoms with Gasteiger partial charge in [-0.05, 0) is 25.0 Å². The third-order valence-corrected chi connectivity index (χ3v) is 3.60. The molecule has 2 aliphatic heterocycles. The molecule has 7 heteroatoms. The molecule has 0 spiro atoms. The number of nitrogens with zero attached hydrogens (tertiary/aromatic N) is 1. The van der Waals surface area contributed by atoms with Crippen LogP contribution < -0.4 is 10.2 Å². The molecule has 2 aliphatic rings. The van der Waals surface area contributed by atoms with Crippen molar-refractivity contribution in [2.24, 2.45) is 0 Å². The van der Waals surface area contributed by atoms with Gasteiger partial charge in [0.1, 0.15) is 6.54 Å². The molecule has 2 heterocycles. The molecule has 0 radical (unpaired) electrons. The standard InChI is InChI=1S/C15H16N2O5/c18-13-8-17(11-5-2-1-4-10(11)16-13)14(19)9-22-15(20)12-6-3-7-21-12/h1-2,4-5,12H,3,6-9H2,(H,16,18)/t12-/m0/s1. The second kappa shape index (κ2) is 6.15. The Labute approximate surface area is 127 Å². The van der Waals surface area contributed by atoms with Gasteiger partial charge in [-0.3, -0.25) is 14.5 Å². The number of hydrogen-bond donors (Lipinski definition) is 1. The molecule has 1 N–H and O–H groups in total. The van der Waals surface area contributed by atoms with E-state index in [2.05, 4.69) is 5.32 Å². The zero-order chi connectivity index (χ0) is 15.5. The van der Waals surface area contributed by atoms with E-state index in [0.29, 0.717) is 24.4 Å². The van der Waals surface area contributed by atoms with Gasteiger partial charge in [-0.1, -0.05) is 12.1 Å². The number of benzene rings is 1. The lowest BCUT2D eigenvalue weighted by Crippen LogP contribution is -2.44. The van der Waals surface area contributed by atoms with Gasteiger partial charge in [-0.2, -0.15) is 0 Å². The Bertz CT molecular complexity index is 610. The van der Waals surface area contributed by atoms with E-state index in [1.807, 2.05) is 0 Å². The fourth-order valence-electron chi connectivity index (χ4n) is 2.52. The minimum Gasteiger partial charge on any atom is -0.454 e. The Morgan fingerprint density at radius 1 is 1.36 bits per heavy atom. The van der Waals surface area contributed by atoms with Crippen molar-refractivity contribution in [2.75, 3.05) is 30.0 Å². The molecule has 0 saturated carbocycles. The Kier molecular flexibility index (Phi) is 4.06. The fourth-order valence-corrected chi connectivity index (χ4v) is 2.52. The van der Waals surface area contributed by atoms with Crippen molar-refractivity contribution < 1.29 is 23.9 Å². The predicted molar refractivity (Wildman–Crippen MR) is 77.4 cm³/mol. The van der Waals surface area contributed by atoms with E-state index in [1.54, 1.807) is 24.3 Å². The number of nitrogens with one attached hydrogen (secondary N) is 1. The first-order valence-corrected chi connectivity index (χ1v) is 7.12. The van der Waals surface area contributed by atoms with E-state index in [0.717, 1.165) is 6.42 Å². The summed E-state index contributed by atoms with van der Waals surface area (Å²) in [7, 11) is 0. The average molecular weight is 304 g/mol. The van der Waals surface area contributed by atoms with E-state index < -0.39 is 24.6 Å². The Balaban J connectivity index is 1.65. The molecule has 1 fully saturated rings. The topological polar surface area (TPSA) is 84.9 Å². The summed E-state index contributed by atoms with van der Waals surface area (Å²) in [4.78, 5) is 37.0. The van der Waals surface area contributed by atoms with Crippen molar-refractivity contribution in [3.63, 3.8) is 0 Å². The summed E-state index contributed by atoms with van der Waals surface area (Å²) in [5.41, 5.74) is 1.16. The maximum atomic E-state index is 12.3. The number of carbonyl (C=O) groups excluding carboxylic acids is 3. The van der Waals surface area contributed by atoms with Crippen LogP contribution in [0.2, 0.25) is 0 Å². The van der Waals surface area contributed by atoms with Gasteiger partial charge in [0.05, 0.1) is 11.4 Å². The van der Waals surface area contributed by atoms with Crippen LogP contribution >= 0.6 is 0 Å².